The molecule has 0 spiro atoms. The zero-order chi connectivity index (χ0) is 18.8. The van der Waals surface area contributed by atoms with Gasteiger partial charge in [0.15, 0.2) is 10.8 Å². The first-order chi connectivity index (χ1) is 11.7. The molecule has 12 nitrogen and oxygen atoms in total. The van der Waals surface area contributed by atoms with Gasteiger partial charge in [0.2, 0.25) is 0 Å². The molecule has 1 aliphatic heterocycles. The number of thiazole rings is 1. The molecule has 0 saturated carbocycles. The van der Waals surface area contributed by atoms with Crippen LogP contribution in [0.4, 0.5) is 5.13 Å². The summed E-state index contributed by atoms with van der Waals surface area (Å²) in [5.74, 6) is -1.84. The monoisotopic (exact) mass is 393 g/mol. The summed E-state index contributed by atoms with van der Waals surface area (Å²) in [4.78, 5) is 32.8. The summed E-state index contributed by atoms with van der Waals surface area (Å²) >= 11 is 1.07. The molecule has 1 aromatic heterocycles. The first-order valence-corrected chi connectivity index (χ1v) is 8.91. The van der Waals surface area contributed by atoms with Crippen LogP contribution in [0, 0.1) is 0 Å². The van der Waals surface area contributed by atoms with E-state index in [4.69, 9.17) is 15.0 Å². The van der Waals surface area contributed by atoms with Crippen molar-refractivity contribution in [3.8, 4) is 0 Å². The van der Waals surface area contributed by atoms with Gasteiger partial charge in [-0.25, -0.2) is 9.29 Å². The van der Waals surface area contributed by atoms with Crippen molar-refractivity contribution in [1.82, 2.24) is 14.6 Å². The number of amides is 2. The SMILES string of the molecule is COC[C@@H]1[C@H](NC(=O)C(=NOC)c2csc(N)n2)C(=O)N1S(=O)(=O)O. The van der Waals surface area contributed by atoms with Crippen molar-refractivity contribution in [2.45, 2.75) is 12.1 Å². The molecule has 14 heteroatoms. The largest absolute Gasteiger partial charge is 0.398 e. The lowest BCUT2D eigenvalue weighted by Crippen LogP contribution is -2.73. The number of nitrogens with two attached hydrogens (primary N) is 1. The molecule has 0 aliphatic carbocycles. The quantitative estimate of drug-likeness (QED) is 0.209. The predicted octanol–water partition coefficient (Wildman–Crippen LogP) is -1.78. The van der Waals surface area contributed by atoms with E-state index >= 15 is 0 Å². The highest BCUT2D eigenvalue weighted by molar-refractivity contribution is 7.84. The molecule has 1 aliphatic rings. The molecule has 1 aromatic rings. The number of hydrogen-bond donors (Lipinski definition) is 3. The van der Waals surface area contributed by atoms with Crippen LogP contribution in [0.5, 0.6) is 0 Å². The van der Waals surface area contributed by atoms with Crippen LogP contribution in [0.3, 0.4) is 0 Å². The molecule has 0 unspecified atom stereocenters. The van der Waals surface area contributed by atoms with Gasteiger partial charge in [-0.05, 0) is 0 Å². The van der Waals surface area contributed by atoms with E-state index in [1.807, 2.05) is 0 Å². The fourth-order valence-electron chi connectivity index (χ4n) is 2.20. The minimum absolute atomic E-state index is 0.128. The van der Waals surface area contributed by atoms with E-state index in [-0.39, 0.29) is 27.4 Å². The normalized spacial score (nSPS) is 21.0. The summed E-state index contributed by atoms with van der Waals surface area (Å²) in [5, 5.41) is 7.54. The van der Waals surface area contributed by atoms with Crippen molar-refractivity contribution in [1.29, 1.82) is 0 Å². The molecule has 0 radical (unpaired) electrons. The van der Waals surface area contributed by atoms with Crippen LogP contribution >= 0.6 is 11.3 Å². The molecule has 1 saturated heterocycles. The first-order valence-electron chi connectivity index (χ1n) is 6.63. The molecule has 0 bridgehead atoms. The summed E-state index contributed by atoms with van der Waals surface area (Å²) in [6.45, 7) is -0.225. The average Bonchev–Trinajstić information content (AvgIpc) is 2.94. The number of nitrogens with one attached hydrogen (secondary N) is 1. The minimum atomic E-state index is -4.76. The summed E-state index contributed by atoms with van der Waals surface area (Å²) in [6, 6.07) is -2.33. The maximum Gasteiger partial charge on any atom is 0.362 e. The second kappa shape index (κ2) is 7.30. The lowest BCUT2D eigenvalue weighted by Gasteiger charge is -2.43. The van der Waals surface area contributed by atoms with E-state index < -0.39 is 34.2 Å². The molecule has 25 heavy (non-hydrogen) atoms. The Balaban J connectivity index is 2.20. The van der Waals surface area contributed by atoms with Gasteiger partial charge in [-0.3, -0.25) is 14.1 Å². The van der Waals surface area contributed by atoms with Crippen LogP contribution in [-0.2, 0) is 29.5 Å². The van der Waals surface area contributed by atoms with Gasteiger partial charge in [0.25, 0.3) is 11.8 Å². The number of carbonyl (C=O) groups excluding carboxylic acids is 2. The summed E-state index contributed by atoms with van der Waals surface area (Å²) in [7, 11) is -2.27. The second-order valence-corrected chi connectivity index (χ2v) is 6.96. The fourth-order valence-corrected chi connectivity index (χ4v) is 3.61. The Morgan fingerprint density at radius 1 is 1.56 bits per heavy atom. The van der Waals surface area contributed by atoms with Crippen molar-refractivity contribution in [3.63, 3.8) is 0 Å². The molecule has 2 atom stereocenters. The van der Waals surface area contributed by atoms with Crippen molar-refractivity contribution >= 4 is 44.3 Å². The number of rotatable bonds is 7. The van der Waals surface area contributed by atoms with Crippen LogP contribution in [0.15, 0.2) is 10.5 Å². The molecule has 2 amide bonds. The number of anilines is 1. The zero-order valence-corrected chi connectivity index (χ0v) is 14.7. The maximum absolute atomic E-state index is 12.4. The minimum Gasteiger partial charge on any atom is -0.398 e. The molecule has 0 aromatic carbocycles. The van der Waals surface area contributed by atoms with Gasteiger partial charge in [0, 0.05) is 12.5 Å². The Kier molecular flexibility index (Phi) is 5.56. The fraction of sp³-hybridized carbons (Fsp3) is 0.455. The van der Waals surface area contributed by atoms with Crippen LogP contribution in [-0.4, -0.2) is 72.7 Å². The molecular formula is C11H15N5O7S2. The molecule has 2 rings (SSSR count). The van der Waals surface area contributed by atoms with Crippen LogP contribution in [0.25, 0.3) is 0 Å². The van der Waals surface area contributed by atoms with E-state index in [0.717, 1.165) is 11.3 Å². The van der Waals surface area contributed by atoms with E-state index in [9.17, 15) is 18.0 Å². The van der Waals surface area contributed by atoms with Gasteiger partial charge in [-0.15, -0.1) is 11.3 Å². The van der Waals surface area contributed by atoms with Crippen molar-refractivity contribution in [3.05, 3.63) is 11.1 Å². The zero-order valence-electron chi connectivity index (χ0n) is 13.1. The van der Waals surface area contributed by atoms with Crippen molar-refractivity contribution in [2.24, 2.45) is 5.16 Å². The highest BCUT2D eigenvalue weighted by Gasteiger charge is 2.54. The third-order valence-electron chi connectivity index (χ3n) is 3.20. The Morgan fingerprint density at radius 2 is 2.24 bits per heavy atom. The van der Waals surface area contributed by atoms with Crippen molar-refractivity contribution in [2.75, 3.05) is 26.6 Å². The lowest BCUT2D eigenvalue weighted by atomic mass is 9.99. The summed E-state index contributed by atoms with van der Waals surface area (Å²) in [6.07, 6.45) is 0. The number of β-lactam (4-membered cyclic amide) rings is 1. The van der Waals surface area contributed by atoms with E-state index in [1.165, 1.54) is 19.6 Å². The Labute approximate surface area is 146 Å². The number of nitrogen functional groups attached to an aromatic ring is 1. The number of aromatic nitrogens is 1. The van der Waals surface area contributed by atoms with Crippen LogP contribution < -0.4 is 11.1 Å². The van der Waals surface area contributed by atoms with E-state index in [2.05, 4.69) is 20.3 Å². The van der Waals surface area contributed by atoms with Gasteiger partial charge in [-0.1, -0.05) is 5.16 Å². The van der Waals surface area contributed by atoms with Gasteiger partial charge in [0.1, 0.15) is 24.9 Å². The van der Waals surface area contributed by atoms with Crippen molar-refractivity contribution < 1.29 is 32.1 Å². The highest BCUT2D eigenvalue weighted by Crippen LogP contribution is 2.24. The standard InChI is InChI=1S/C11H15N5O7S2/c1-22-3-6-8(10(18)16(6)25(19,20)21)14-9(17)7(15-23-2)5-4-24-11(12)13-5/h4,6,8H,3H2,1-2H3,(H2,12,13)(H,14,17)(H,19,20,21)/t6-,8+/m1/s1. The molecular weight excluding hydrogens is 378 g/mol. The Bertz CT molecular complexity index is 805. The molecule has 138 valence electrons. The number of oxime groups is 1. The maximum atomic E-state index is 12.4. The predicted molar refractivity (Wildman–Crippen MR) is 86.1 cm³/mol. The van der Waals surface area contributed by atoms with E-state index in [0.29, 0.717) is 0 Å². The lowest BCUT2D eigenvalue weighted by molar-refractivity contribution is -0.147. The average molecular weight is 393 g/mol. The van der Waals surface area contributed by atoms with Gasteiger partial charge < -0.3 is 20.6 Å². The number of ether oxygens (including phenoxy) is 1. The Morgan fingerprint density at radius 3 is 2.72 bits per heavy atom. The Hall–Kier alpha value is -2.29. The number of methoxy groups -OCH3 is 1. The number of carbonyl (C=O) groups is 2. The van der Waals surface area contributed by atoms with Crippen LogP contribution in [0.2, 0.25) is 0 Å². The molecule has 1 fully saturated rings. The summed E-state index contributed by atoms with van der Waals surface area (Å²) in [5.41, 5.74) is 5.39. The number of hydrogen-bond acceptors (Lipinski definition) is 10. The molecule has 4 N–H and O–H groups in total. The highest BCUT2D eigenvalue weighted by atomic mass is 32.2. The topological polar surface area (TPSA) is 174 Å². The number of nitrogens with zero attached hydrogens (tertiary/aromatic N) is 3. The molecule has 2 heterocycles. The third kappa shape index (κ3) is 3.87. The van der Waals surface area contributed by atoms with Crippen LogP contribution in [0.1, 0.15) is 5.69 Å². The van der Waals surface area contributed by atoms with Gasteiger partial charge >= 0.3 is 10.3 Å². The van der Waals surface area contributed by atoms with Gasteiger partial charge in [0.05, 0.1) is 6.61 Å². The first kappa shape index (κ1) is 19.0. The summed E-state index contributed by atoms with van der Waals surface area (Å²) < 4.78 is 36.6. The smallest absolute Gasteiger partial charge is 0.362 e. The van der Waals surface area contributed by atoms with E-state index in [1.54, 1.807) is 0 Å². The van der Waals surface area contributed by atoms with Gasteiger partial charge in [-0.2, -0.15) is 8.42 Å². The third-order valence-corrected chi connectivity index (χ3v) is 4.83. The second-order valence-electron chi connectivity index (χ2n) is 4.78.